The largest absolute Gasteiger partial charge is 0.477 e. The summed E-state index contributed by atoms with van der Waals surface area (Å²) < 4.78 is 15.1. The van der Waals surface area contributed by atoms with E-state index in [0.717, 1.165) is 55.9 Å². The average Bonchev–Trinajstić information content (AvgIpc) is 3.14. The fourth-order valence-corrected chi connectivity index (χ4v) is 4.18. The Labute approximate surface area is 181 Å². The molecule has 8 heteroatoms. The number of carbonyl (C=O) groups is 1. The number of aromatic carboxylic acids is 1. The minimum absolute atomic E-state index is 0.0166. The summed E-state index contributed by atoms with van der Waals surface area (Å²) in [7, 11) is 0. The van der Waals surface area contributed by atoms with Gasteiger partial charge in [0.25, 0.3) is 0 Å². The third-order valence-corrected chi connectivity index (χ3v) is 5.73. The molecule has 1 fully saturated rings. The Kier molecular flexibility index (Phi) is 5.91. The molecule has 1 aromatic carbocycles. The van der Waals surface area contributed by atoms with Crippen molar-refractivity contribution >= 4 is 22.7 Å². The standard InChI is InChI=1S/C23H28FN5O2/c1-4-9-27-10-12-28(13-11-27)19-14-18(23(30)31)25-22-20(19)21(15(2)3)26-29(22)17-7-5-16(24)6-8-17/h5-8,14-15H,4,9-13H2,1-3H3,(H,30,31). The van der Waals surface area contributed by atoms with E-state index in [1.54, 1.807) is 22.9 Å². The molecule has 31 heavy (non-hydrogen) atoms. The predicted molar refractivity (Wildman–Crippen MR) is 119 cm³/mol. The summed E-state index contributed by atoms with van der Waals surface area (Å²) in [5.41, 5.74) is 2.83. The van der Waals surface area contributed by atoms with Crippen molar-refractivity contribution in [2.75, 3.05) is 37.6 Å². The van der Waals surface area contributed by atoms with Gasteiger partial charge in [-0.25, -0.2) is 18.9 Å². The molecule has 1 N–H and O–H groups in total. The molecule has 0 spiro atoms. The van der Waals surface area contributed by atoms with Crippen LogP contribution in [0.25, 0.3) is 16.7 Å². The quantitative estimate of drug-likeness (QED) is 0.645. The second-order valence-corrected chi connectivity index (χ2v) is 8.29. The first-order valence-electron chi connectivity index (χ1n) is 10.8. The molecule has 7 nitrogen and oxygen atoms in total. The second-order valence-electron chi connectivity index (χ2n) is 8.29. The average molecular weight is 426 g/mol. The lowest BCUT2D eigenvalue weighted by Gasteiger charge is -2.36. The molecule has 164 valence electrons. The number of nitrogens with zero attached hydrogens (tertiary/aromatic N) is 5. The third kappa shape index (κ3) is 4.12. The van der Waals surface area contributed by atoms with Crippen molar-refractivity contribution in [3.05, 3.63) is 47.5 Å². The summed E-state index contributed by atoms with van der Waals surface area (Å²) in [6.07, 6.45) is 1.12. The Hall–Kier alpha value is -3.00. The Morgan fingerprint density at radius 2 is 1.84 bits per heavy atom. The molecule has 0 bridgehead atoms. The van der Waals surface area contributed by atoms with Crippen LogP contribution in [-0.4, -0.2) is 63.5 Å². The number of piperazine rings is 1. The summed E-state index contributed by atoms with van der Waals surface area (Å²) in [5, 5.41) is 15.4. The number of hydrogen-bond donors (Lipinski definition) is 1. The zero-order valence-corrected chi connectivity index (χ0v) is 18.2. The molecule has 3 heterocycles. The van der Waals surface area contributed by atoms with E-state index in [1.807, 2.05) is 0 Å². The second kappa shape index (κ2) is 8.63. The molecule has 0 radical (unpaired) electrons. The Morgan fingerprint density at radius 3 is 2.42 bits per heavy atom. The van der Waals surface area contributed by atoms with Gasteiger partial charge in [0.2, 0.25) is 0 Å². The molecule has 4 rings (SSSR count). The lowest BCUT2D eigenvalue weighted by atomic mass is 10.0. The van der Waals surface area contributed by atoms with E-state index < -0.39 is 5.97 Å². The summed E-state index contributed by atoms with van der Waals surface area (Å²) in [6.45, 7) is 10.9. The van der Waals surface area contributed by atoms with Crippen molar-refractivity contribution in [2.45, 2.75) is 33.1 Å². The molecular formula is C23H28FN5O2. The molecule has 0 unspecified atom stereocenters. The summed E-state index contributed by atoms with van der Waals surface area (Å²) in [5.74, 6) is -1.30. The molecule has 2 aromatic heterocycles. The highest BCUT2D eigenvalue weighted by atomic mass is 19.1. The van der Waals surface area contributed by atoms with Gasteiger partial charge in [0.15, 0.2) is 11.3 Å². The molecule has 1 saturated heterocycles. The molecule has 1 aliphatic rings. The van der Waals surface area contributed by atoms with E-state index in [1.165, 1.54) is 12.1 Å². The first kappa shape index (κ1) is 21.2. The topological polar surface area (TPSA) is 74.5 Å². The minimum Gasteiger partial charge on any atom is -0.477 e. The van der Waals surface area contributed by atoms with Gasteiger partial charge in [-0.2, -0.15) is 5.10 Å². The van der Waals surface area contributed by atoms with Crippen LogP contribution >= 0.6 is 0 Å². The van der Waals surface area contributed by atoms with Crippen LogP contribution in [-0.2, 0) is 0 Å². The van der Waals surface area contributed by atoms with Crippen LogP contribution in [0.15, 0.2) is 30.3 Å². The monoisotopic (exact) mass is 425 g/mol. The number of carboxylic acids is 1. The number of pyridine rings is 1. The predicted octanol–water partition coefficient (Wildman–Crippen LogP) is 3.91. The smallest absolute Gasteiger partial charge is 0.354 e. The molecule has 0 aliphatic carbocycles. The van der Waals surface area contributed by atoms with Crippen molar-refractivity contribution in [3.63, 3.8) is 0 Å². The Morgan fingerprint density at radius 1 is 1.16 bits per heavy atom. The first-order valence-corrected chi connectivity index (χ1v) is 10.8. The number of rotatable bonds is 6. The minimum atomic E-state index is -1.08. The van der Waals surface area contributed by atoms with Gasteiger partial charge in [0.05, 0.1) is 22.5 Å². The van der Waals surface area contributed by atoms with Gasteiger partial charge >= 0.3 is 5.97 Å². The van der Waals surface area contributed by atoms with E-state index in [9.17, 15) is 14.3 Å². The fraction of sp³-hybridized carbons (Fsp3) is 0.435. The molecule has 3 aromatic rings. The molecule has 0 amide bonds. The number of aromatic nitrogens is 3. The van der Waals surface area contributed by atoms with Gasteiger partial charge in [-0.15, -0.1) is 0 Å². The maximum Gasteiger partial charge on any atom is 0.354 e. The van der Waals surface area contributed by atoms with Gasteiger partial charge in [-0.3, -0.25) is 4.90 Å². The number of hydrogen-bond acceptors (Lipinski definition) is 5. The van der Waals surface area contributed by atoms with Crippen LogP contribution in [0, 0.1) is 5.82 Å². The Bertz CT molecular complexity index is 1090. The van der Waals surface area contributed by atoms with Crippen LogP contribution in [0.5, 0.6) is 0 Å². The highest BCUT2D eigenvalue weighted by molar-refractivity contribution is 5.98. The number of benzene rings is 1. The van der Waals surface area contributed by atoms with Gasteiger partial charge in [-0.05, 0) is 49.2 Å². The summed E-state index contributed by atoms with van der Waals surface area (Å²) in [6, 6.07) is 7.66. The van der Waals surface area contributed by atoms with Crippen molar-refractivity contribution in [1.29, 1.82) is 0 Å². The summed E-state index contributed by atoms with van der Waals surface area (Å²) >= 11 is 0. The van der Waals surface area contributed by atoms with Crippen LogP contribution in [0.3, 0.4) is 0 Å². The molecule has 0 saturated carbocycles. The van der Waals surface area contributed by atoms with Crippen molar-refractivity contribution in [3.8, 4) is 5.69 Å². The normalized spacial score (nSPS) is 15.2. The number of halogens is 1. The van der Waals surface area contributed by atoms with Crippen LogP contribution in [0.4, 0.5) is 10.1 Å². The zero-order chi connectivity index (χ0) is 22.1. The highest BCUT2D eigenvalue weighted by Gasteiger charge is 2.26. The number of fused-ring (bicyclic) bond motifs is 1. The SMILES string of the molecule is CCCN1CCN(c2cc(C(=O)O)nc3c2c(C(C)C)nn3-c2ccc(F)cc2)CC1. The number of anilines is 1. The Balaban J connectivity index is 1.89. The van der Waals surface area contributed by atoms with Gasteiger partial charge in [-0.1, -0.05) is 20.8 Å². The maximum absolute atomic E-state index is 13.5. The van der Waals surface area contributed by atoms with E-state index in [0.29, 0.717) is 11.3 Å². The maximum atomic E-state index is 13.5. The molecular weight excluding hydrogens is 397 g/mol. The van der Waals surface area contributed by atoms with Gasteiger partial charge in [0, 0.05) is 26.2 Å². The van der Waals surface area contributed by atoms with Crippen LogP contribution < -0.4 is 4.90 Å². The van der Waals surface area contributed by atoms with Crippen LogP contribution in [0.1, 0.15) is 49.3 Å². The van der Waals surface area contributed by atoms with E-state index in [-0.39, 0.29) is 17.4 Å². The van der Waals surface area contributed by atoms with Gasteiger partial charge in [0.1, 0.15) is 5.82 Å². The number of carboxylic acid groups (broad SMARTS) is 1. The summed E-state index contributed by atoms with van der Waals surface area (Å²) in [4.78, 5) is 21.0. The molecule has 1 aliphatic heterocycles. The fourth-order valence-electron chi connectivity index (χ4n) is 4.18. The van der Waals surface area contributed by atoms with E-state index in [4.69, 9.17) is 5.10 Å². The van der Waals surface area contributed by atoms with Crippen molar-refractivity contribution in [1.82, 2.24) is 19.7 Å². The van der Waals surface area contributed by atoms with Crippen LogP contribution in [0.2, 0.25) is 0 Å². The lowest BCUT2D eigenvalue weighted by Crippen LogP contribution is -2.46. The lowest BCUT2D eigenvalue weighted by molar-refractivity contribution is 0.0691. The van der Waals surface area contributed by atoms with Gasteiger partial charge < -0.3 is 10.0 Å². The zero-order valence-electron chi connectivity index (χ0n) is 18.2. The van der Waals surface area contributed by atoms with Crippen molar-refractivity contribution < 1.29 is 14.3 Å². The molecule has 0 atom stereocenters. The highest BCUT2D eigenvalue weighted by Crippen LogP contribution is 2.35. The van der Waals surface area contributed by atoms with E-state index in [2.05, 4.69) is 35.6 Å². The van der Waals surface area contributed by atoms with Crippen molar-refractivity contribution in [2.24, 2.45) is 0 Å². The van der Waals surface area contributed by atoms with E-state index >= 15 is 0 Å². The first-order chi connectivity index (χ1) is 14.9. The third-order valence-electron chi connectivity index (χ3n) is 5.73.